The molecule has 1 heterocycles. The molecule has 4 aromatic carbocycles. The van der Waals surface area contributed by atoms with Crippen LogP contribution >= 0.6 is 0 Å². The van der Waals surface area contributed by atoms with Gasteiger partial charge in [-0.2, -0.15) is 4.68 Å². The second kappa shape index (κ2) is 11.2. The number of aryl methyl sites for hydroxylation is 1. The van der Waals surface area contributed by atoms with E-state index in [0.717, 1.165) is 28.4 Å². The Bertz CT molecular complexity index is 1970. The van der Waals surface area contributed by atoms with Gasteiger partial charge in [-0.25, -0.2) is 4.98 Å². The first-order valence-corrected chi connectivity index (χ1v) is 12.4. The Morgan fingerprint density at radius 3 is 2.40 bits per heavy atom. The Kier molecular flexibility index (Phi) is 7.30. The van der Waals surface area contributed by atoms with Crippen LogP contribution in [0.4, 0.5) is 17.1 Å². The molecule has 13 nitrogen and oxygen atoms in total. The van der Waals surface area contributed by atoms with Crippen molar-refractivity contribution in [2.45, 2.75) is 6.92 Å². The minimum Gasteiger partial charge on any atom is -0.496 e. The number of rotatable bonds is 8. The standard InChI is InChI=1S/C29H22N6O7/c1-17-15-18(11-14-26(17)42-2)27(32-37)20-7-3-4-8-21(20)28-30-23-10-6-5-9-22(23)29(36)33(28)31-24-13-12-19(34(38)39)16-25(24)35(40)41/h3-16,31,37H,1-2H3. The molecule has 5 aromatic rings. The van der Waals surface area contributed by atoms with Crippen LogP contribution in [0.2, 0.25) is 0 Å². The third-order valence-electron chi connectivity index (χ3n) is 6.59. The van der Waals surface area contributed by atoms with Crippen LogP contribution in [0.25, 0.3) is 22.3 Å². The molecule has 1 aromatic heterocycles. The van der Waals surface area contributed by atoms with Gasteiger partial charge in [-0.1, -0.05) is 41.6 Å². The van der Waals surface area contributed by atoms with Gasteiger partial charge in [0, 0.05) is 22.8 Å². The highest BCUT2D eigenvalue weighted by Crippen LogP contribution is 2.31. The molecule has 0 atom stereocenters. The van der Waals surface area contributed by atoms with Crippen LogP contribution in [0.15, 0.2) is 94.9 Å². The van der Waals surface area contributed by atoms with E-state index < -0.39 is 26.8 Å². The van der Waals surface area contributed by atoms with Gasteiger partial charge in [0.15, 0.2) is 5.82 Å². The molecule has 0 aliphatic rings. The van der Waals surface area contributed by atoms with Gasteiger partial charge in [-0.05, 0) is 48.9 Å². The summed E-state index contributed by atoms with van der Waals surface area (Å²) >= 11 is 0. The van der Waals surface area contributed by atoms with E-state index >= 15 is 0 Å². The number of aromatic nitrogens is 2. The third kappa shape index (κ3) is 4.97. The quantitative estimate of drug-likeness (QED) is 0.109. The molecule has 42 heavy (non-hydrogen) atoms. The molecule has 0 radical (unpaired) electrons. The van der Waals surface area contributed by atoms with E-state index in [1.54, 1.807) is 73.8 Å². The number of nitrogens with zero attached hydrogens (tertiary/aromatic N) is 5. The van der Waals surface area contributed by atoms with Gasteiger partial charge in [-0.3, -0.25) is 30.4 Å². The number of ether oxygens (including phenoxy) is 1. The summed E-state index contributed by atoms with van der Waals surface area (Å²) in [4.78, 5) is 40.1. The van der Waals surface area contributed by atoms with Crippen LogP contribution in [-0.4, -0.2) is 37.5 Å². The monoisotopic (exact) mass is 566 g/mol. The summed E-state index contributed by atoms with van der Waals surface area (Å²) in [5, 5.41) is 37.0. The van der Waals surface area contributed by atoms with Crippen molar-refractivity contribution in [1.29, 1.82) is 0 Å². The van der Waals surface area contributed by atoms with Crippen molar-refractivity contribution in [1.82, 2.24) is 9.66 Å². The predicted octanol–water partition coefficient (Wildman–Crippen LogP) is 5.30. The highest BCUT2D eigenvalue weighted by molar-refractivity contribution is 6.16. The summed E-state index contributed by atoms with van der Waals surface area (Å²) in [7, 11) is 1.55. The maximum absolute atomic E-state index is 13.8. The predicted molar refractivity (Wildman–Crippen MR) is 155 cm³/mol. The number of non-ortho nitro benzene ring substituents is 1. The van der Waals surface area contributed by atoms with Crippen molar-refractivity contribution in [2.24, 2.45) is 5.16 Å². The zero-order valence-electron chi connectivity index (χ0n) is 22.2. The Balaban J connectivity index is 1.75. The lowest BCUT2D eigenvalue weighted by Gasteiger charge is -2.18. The number of methoxy groups -OCH3 is 1. The van der Waals surface area contributed by atoms with Crippen LogP contribution < -0.4 is 15.7 Å². The van der Waals surface area contributed by atoms with Crippen LogP contribution in [-0.2, 0) is 0 Å². The number of benzene rings is 4. The van der Waals surface area contributed by atoms with Gasteiger partial charge in [0.1, 0.15) is 17.1 Å². The molecular formula is C29H22N6O7. The number of hydrogen-bond donors (Lipinski definition) is 2. The maximum Gasteiger partial charge on any atom is 0.300 e. The molecule has 210 valence electrons. The highest BCUT2D eigenvalue weighted by Gasteiger charge is 2.24. The van der Waals surface area contributed by atoms with E-state index in [2.05, 4.69) is 10.6 Å². The average Bonchev–Trinajstić information content (AvgIpc) is 2.99. The number of nitro groups is 2. The number of anilines is 1. The molecular weight excluding hydrogens is 544 g/mol. The highest BCUT2D eigenvalue weighted by atomic mass is 16.6. The number of hydrogen-bond acceptors (Lipinski definition) is 10. The lowest BCUT2D eigenvalue weighted by atomic mass is 9.95. The second-order valence-electron chi connectivity index (χ2n) is 9.10. The molecule has 13 heteroatoms. The fraction of sp³-hybridized carbons (Fsp3) is 0.0690. The van der Waals surface area contributed by atoms with E-state index in [-0.39, 0.29) is 22.6 Å². The van der Waals surface area contributed by atoms with Gasteiger partial charge in [0.25, 0.3) is 11.2 Å². The summed E-state index contributed by atoms with van der Waals surface area (Å²) in [5.41, 5.74) is 3.53. The molecule has 0 aliphatic carbocycles. The summed E-state index contributed by atoms with van der Waals surface area (Å²) in [6.07, 6.45) is 0. The smallest absolute Gasteiger partial charge is 0.300 e. The van der Waals surface area contributed by atoms with Crippen LogP contribution in [0, 0.1) is 27.2 Å². The topological polar surface area (TPSA) is 175 Å². The van der Waals surface area contributed by atoms with Crippen molar-refractivity contribution >= 4 is 33.7 Å². The van der Waals surface area contributed by atoms with Crippen LogP contribution in [0.3, 0.4) is 0 Å². The van der Waals surface area contributed by atoms with Crippen molar-refractivity contribution < 1.29 is 19.8 Å². The van der Waals surface area contributed by atoms with Gasteiger partial charge in [-0.15, -0.1) is 0 Å². The van der Waals surface area contributed by atoms with Crippen molar-refractivity contribution in [3.05, 3.63) is 132 Å². The second-order valence-corrected chi connectivity index (χ2v) is 9.10. The number of oxime groups is 1. The van der Waals surface area contributed by atoms with Crippen molar-refractivity contribution in [3.63, 3.8) is 0 Å². The summed E-state index contributed by atoms with van der Waals surface area (Å²) in [6.45, 7) is 1.84. The first-order valence-electron chi connectivity index (χ1n) is 12.4. The Morgan fingerprint density at radius 2 is 1.71 bits per heavy atom. The Morgan fingerprint density at radius 1 is 0.976 bits per heavy atom. The molecule has 0 unspecified atom stereocenters. The van der Waals surface area contributed by atoms with E-state index in [1.807, 2.05) is 6.92 Å². The lowest BCUT2D eigenvalue weighted by Crippen LogP contribution is -2.30. The summed E-state index contributed by atoms with van der Waals surface area (Å²) in [5.74, 6) is 0.691. The molecule has 0 fully saturated rings. The fourth-order valence-electron chi connectivity index (χ4n) is 4.59. The molecule has 0 bridgehead atoms. The molecule has 0 aliphatic heterocycles. The summed E-state index contributed by atoms with van der Waals surface area (Å²) in [6, 6.07) is 21.6. The maximum atomic E-state index is 13.8. The number of fused-ring (bicyclic) bond motifs is 1. The molecule has 5 rings (SSSR count). The molecule has 0 saturated heterocycles. The van der Waals surface area contributed by atoms with Gasteiger partial charge < -0.3 is 9.94 Å². The van der Waals surface area contributed by atoms with Crippen LogP contribution in [0.5, 0.6) is 5.75 Å². The number of para-hydroxylation sites is 1. The first-order chi connectivity index (χ1) is 20.2. The fourth-order valence-corrected chi connectivity index (χ4v) is 4.59. The van der Waals surface area contributed by atoms with Gasteiger partial charge in [0.05, 0.1) is 33.9 Å². The number of nitrogens with one attached hydrogen (secondary N) is 1. The summed E-state index contributed by atoms with van der Waals surface area (Å²) < 4.78 is 6.37. The number of nitro benzene ring substituents is 2. The Hall–Kier alpha value is -6.11. The minimum absolute atomic E-state index is 0.0494. The van der Waals surface area contributed by atoms with E-state index in [0.29, 0.717) is 28.0 Å². The third-order valence-corrected chi connectivity index (χ3v) is 6.59. The van der Waals surface area contributed by atoms with E-state index in [4.69, 9.17) is 9.72 Å². The van der Waals surface area contributed by atoms with E-state index in [9.17, 15) is 30.2 Å². The molecule has 2 N–H and O–H groups in total. The lowest BCUT2D eigenvalue weighted by molar-refractivity contribution is -0.393. The molecule has 0 saturated carbocycles. The largest absolute Gasteiger partial charge is 0.496 e. The normalized spacial score (nSPS) is 11.3. The first kappa shape index (κ1) is 27.5. The van der Waals surface area contributed by atoms with Gasteiger partial charge in [0.2, 0.25) is 0 Å². The zero-order valence-corrected chi connectivity index (χ0v) is 22.2. The van der Waals surface area contributed by atoms with Crippen molar-refractivity contribution in [3.8, 4) is 17.1 Å². The van der Waals surface area contributed by atoms with Crippen molar-refractivity contribution in [2.75, 3.05) is 12.5 Å². The van der Waals surface area contributed by atoms with Gasteiger partial charge >= 0.3 is 5.69 Å². The SMILES string of the molecule is COc1ccc(C(=NO)c2ccccc2-c2nc3ccccc3c(=O)n2Nc2ccc([N+](=O)[O-])cc2[N+](=O)[O-])cc1C. The molecule has 0 spiro atoms. The van der Waals surface area contributed by atoms with Crippen LogP contribution in [0.1, 0.15) is 16.7 Å². The average molecular weight is 567 g/mol. The van der Waals surface area contributed by atoms with E-state index in [1.165, 1.54) is 0 Å². The Labute approximate surface area is 237 Å². The molecule has 0 amide bonds. The zero-order chi connectivity index (χ0) is 30.0. The minimum atomic E-state index is -0.787.